The molecule has 7 heteroatoms. The Bertz CT molecular complexity index is 1020. The number of hydrogen-bond acceptors (Lipinski definition) is 4. The molecule has 0 radical (unpaired) electrons. The second-order valence-corrected chi connectivity index (χ2v) is 7.48. The van der Waals surface area contributed by atoms with Crippen LogP contribution in [0.5, 0.6) is 11.5 Å². The van der Waals surface area contributed by atoms with Crippen LogP contribution in [0.4, 0.5) is 0 Å². The van der Waals surface area contributed by atoms with Crippen molar-refractivity contribution < 1.29 is 14.4 Å². The molecule has 1 unspecified atom stereocenters. The number of methoxy groups -OCH3 is 1. The third-order valence-electron chi connectivity index (χ3n) is 4.80. The number of benzene rings is 2. The van der Waals surface area contributed by atoms with Crippen molar-refractivity contribution >= 4 is 12.2 Å². The van der Waals surface area contributed by atoms with Gasteiger partial charge in [0.1, 0.15) is 24.7 Å². The first kappa shape index (κ1) is 21.8. The standard InChI is InChI=1S/C23H28N4O2S/c1-5-15-29-21-11-7-18(8-12-21)16-25(3)17-27-23(30)26(6-2)22(24-27)19-9-13-20(28-4)14-10-19/h5,7-14H,1,6,15-17H2,2-4H3/p+1. The van der Waals surface area contributed by atoms with Gasteiger partial charge in [0.15, 0.2) is 12.5 Å². The summed E-state index contributed by atoms with van der Waals surface area (Å²) in [5, 5.41) is 4.82. The molecule has 1 heterocycles. The lowest BCUT2D eigenvalue weighted by atomic mass is 10.2. The summed E-state index contributed by atoms with van der Waals surface area (Å²) in [5.74, 6) is 2.55. The molecule has 0 aliphatic carbocycles. The van der Waals surface area contributed by atoms with E-state index >= 15 is 0 Å². The van der Waals surface area contributed by atoms with Gasteiger partial charge in [0.25, 0.3) is 0 Å². The van der Waals surface area contributed by atoms with Crippen LogP contribution >= 0.6 is 12.2 Å². The highest BCUT2D eigenvalue weighted by molar-refractivity contribution is 7.71. The summed E-state index contributed by atoms with van der Waals surface area (Å²) in [7, 11) is 3.81. The topological polar surface area (TPSA) is 45.6 Å². The Morgan fingerprint density at radius 2 is 1.77 bits per heavy atom. The Hall–Kier alpha value is -2.90. The highest BCUT2D eigenvalue weighted by Crippen LogP contribution is 2.21. The number of rotatable bonds is 10. The van der Waals surface area contributed by atoms with Gasteiger partial charge in [0.05, 0.1) is 14.2 Å². The molecular formula is C23H29N4O2S+. The van der Waals surface area contributed by atoms with Crippen molar-refractivity contribution in [3.63, 3.8) is 0 Å². The molecule has 0 bridgehead atoms. The van der Waals surface area contributed by atoms with Crippen LogP contribution in [0.2, 0.25) is 0 Å². The molecule has 0 saturated carbocycles. The van der Waals surface area contributed by atoms with Crippen molar-refractivity contribution in [1.82, 2.24) is 14.3 Å². The first-order valence-electron chi connectivity index (χ1n) is 10.0. The maximum absolute atomic E-state index is 5.70. The number of quaternary nitrogens is 1. The molecule has 0 amide bonds. The molecule has 3 rings (SSSR count). The van der Waals surface area contributed by atoms with E-state index in [9.17, 15) is 0 Å². The fourth-order valence-corrected chi connectivity index (χ4v) is 3.62. The lowest BCUT2D eigenvalue weighted by Crippen LogP contribution is -3.07. The van der Waals surface area contributed by atoms with E-state index < -0.39 is 0 Å². The van der Waals surface area contributed by atoms with E-state index in [0.717, 1.165) is 40.7 Å². The van der Waals surface area contributed by atoms with Gasteiger partial charge in [-0.15, -0.1) is 5.10 Å². The molecule has 1 aromatic heterocycles. The third-order valence-corrected chi connectivity index (χ3v) is 5.24. The van der Waals surface area contributed by atoms with Crippen LogP contribution in [-0.2, 0) is 19.8 Å². The molecular weight excluding hydrogens is 396 g/mol. The van der Waals surface area contributed by atoms with E-state index in [1.54, 1.807) is 13.2 Å². The van der Waals surface area contributed by atoms with E-state index in [0.29, 0.717) is 13.3 Å². The summed E-state index contributed by atoms with van der Waals surface area (Å²) < 4.78 is 15.5. The van der Waals surface area contributed by atoms with E-state index in [1.807, 2.05) is 41.1 Å². The van der Waals surface area contributed by atoms with Gasteiger partial charge >= 0.3 is 0 Å². The molecule has 30 heavy (non-hydrogen) atoms. The summed E-state index contributed by atoms with van der Waals surface area (Å²) in [6.07, 6.45) is 1.74. The average Bonchev–Trinajstić information content (AvgIpc) is 3.08. The van der Waals surface area contributed by atoms with Crippen LogP contribution < -0.4 is 14.4 Å². The number of aromatic nitrogens is 3. The minimum Gasteiger partial charge on any atom is -0.497 e. The molecule has 1 atom stereocenters. The average molecular weight is 426 g/mol. The third kappa shape index (κ3) is 5.17. The number of hydrogen-bond donors (Lipinski definition) is 1. The Balaban J connectivity index is 1.73. The van der Waals surface area contributed by atoms with Gasteiger partial charge in [0.2, 0.25) is 4.77 Å². The molecule has 0 aliphatic heterocycles. The van der Waals surface area contributed by atoms with Crippen LogP contribution in [0, 0.1) is 4.77 Å². The SMILES string of the molecule is C=CCOc1ccc(C[NH+](C)Cn2nc(-c3ccc(OC)cc3)n(CC)c2=S)cc1. The van der Waals surface area contributed by atoms with Gasteiger partial charge in [-0.25, -0.2) is 0 Å². The molecule has 0 spiro atoms. The molecule has 0 fully saturated rings. The first-order valence-corrected chi connectivity index (χ1v) is 10.4. The zero-order valence-corrected chi connectivity index (χ0v) is 18.6. The van der Waals surface area contributed by atoms with Crippen molar-refractivity contribution in [3.05, 3.63) is 71.5 Å². The van der Waals surface area contributed by atoms with Crippen molar-refractivity contribution in [2.45, 2.75) is 26.7 Å². The number of nitrogens with one attached hydrogen (secondary N) is 1. The van der Waals surface area contributed by atoms with Crippen LogP contribution in [0.15, 0.2) is 61.2 Å². The van der Waals surface area contributed by atoms with E-state index in [4.69, 9.17) is 26.8 Å². The van der Waals surface area contributed by atoms with Crippen LogP contribution in [0.25, 0.3) is 11.4 Å². The predicted octanol–water partition coefficient (Wildman–Crippen LogP) is 3.35. The predicted molar refractivity (Wildman–Crippen MR) is 121 cm³/mol. The van der Waals surface area contributed by atoms with Crippen molar-refractivity contribution in [1.29, 1.82) is 0 Å². The van der Waals surface area contributed by atoms with Crippen molar-refractivity contribution in [2.24, 2.45) is 0 Å². The second-order valence-electron chi connectivity index (χ2n) is 7.11. The van der Waals surface area contributed by atoms with Gasteiger partial charge in [0, 0.05) is 17.7 Å². The molecule has 0 saturated heterocycles. The van der Waals surface area contributed by atoms with Crippen LogP contribution in [0.3, 0.4) is 0 Å². The van der Waals surface area contributed by atoms with E-state index in [-0.39, 0.29) is 0 Å². The molecule has 1 N–H and O–H groups in total. The largest absolute Gasteiger partial charge is 0.497 e. The maximum Gasteiger partial charge on any atom is 0.203 e. The van der Waals surface area contributed by atoms with Gasteiger partial charge in [-0.2, -0.15) is 4.68 Å². The Morgan fingerprint density at radius 1 is 1.10 bits per heavy atom. The lowest BCUT2D eigenvalue weighted by Gasteiger charge is -2.14. The van der Waals surface area contributed by atoms with Crippen LogP contribution in [0.1, 0.15) is 12.5 Å². The Kier molecular flexibility index (Phi) is 7.43. The zero-order chi connectivity index (χ0) is 21.5. The van der Waals surface area contributed by atoms with Gasteiger partial charge in [-0.3, -0.25) is 0 Å². The lowest BCUT2D eigenvalue weighted by molar-refractivity contribution is -0.917. The Labute approximate surface area is 183 Å². The smallest absolute Gasteiger partial charge is 0.203 e. The second kappa shape index (κ2) is 10.2. The monoisotopic (exact) mass is 425 g/mol. The van der Waals surface area contributed by atoms with Crippen molar-refractivity contribution in [3.8, 4) is 22.9 Å². The normalized spacial score (nSPS) is 11.8. The maximum atomic E-state index is 5.70. The molecule has 0 aliphatic rings. The molecule has 2 aromatic carbocycles. The molecule has 3 aromatic rings. The zero-order valence-electron chi connectivity index (χ0n) is 17.8. The Morgan fingerprint density at radius 3 is 2.37 bits per heavy atom. The first-order chi connectivity index (χ1) is 14.5. The number of nitrogens with zero attached hydrogens (tertiary/aromatic N) is 3. The van der Waals surface area contributed by atoms with E-state index in [2.05, 4.69) is 37.3 Å². The summed E-state index contributed by atoms with van der Waals surface area (Å²) in [5.41, 5.74) is 2.26. The fourth-order valence-electron chi connectivity index (χ4n) is 3.30. The summed E-state index contributed by atoms with van der Waals surface area (Å²) in [6, 6.07) is 16.1. The van der Waals surface area contributed by atoms with Crippen LogP contribution in [-0.4, -0.2) is 35.1 Å². The molecule has 158 valence electrons. The minimum atomic E-state index is 0.513. The van der Waals surface area contributed by atoms with Crippen molar-refractivity contribution in [2.75, 3.05) is 20.8 Å². The van der Waals surface area contributed by atoms with Gasteiger partial charge < -0.3 is 18.9 Å². The summed E-state index contributed by atoms with van der Waals surface area (Å²) in [6.45, 7) is 8.58. The summed E-state index contributed by atoms with van der Waals surface area (Å²) >= 11 is 5.70. The minimum absolute atomic E-state index is 0.513. The number of ether oxygens (including phenoxy) is 2. The van der Waals surface area contributed by atoms with E-state index in [1.165, 1.54) is 10.5 Å². The van der Waals surface area contributed by atoms with Gasteiger partial charge in [-0.05, 0) is 67.7 Å². The quantitative estimate of drug-likeness (QED) is 0.400. The molecule has 6 nitrogen and oxygen atoms in total. The summed E-state index contributed by atoms with van der Waals surface area (Å²) in [4.78, 5) is 1.29. The van der Waals surface area contributed by atoms with Gasteiger partial charge in [-0.1, -0.05) is 12.7 Å². The fraction of sp³-hybridized carbons (Fsp3) is 0.304. The highest BCUT2D eigenvalue weighted by atomic mass is 32.1. The highest BCUT2D eigenvalue weighted by Gasteiger charge is 2.14.